The van der Waals surface area contributed by atoms with Gasteiger partial charge in [-0.05, 0) is 24.7 Å². The monoisotopic (exact) mass is 252 g/mol. The molecule has 0 heterocycles. The number of benzene rings is 1. The Morgan fingerprint density at radius 1 is 1.35 bits per heavy atom. The van der Waals surface area contributed by atoms with E-state index in [4.69, 9.17) is 5.73 Å². The molecule has 3 nitrogen and oxygen atoms in total. The van der Waals surface area contributed by atoms with Crippen LogP contribution < -0.4 is 5.73 Å². The lowest BCUT2D eigenvalue weighted by atomic mass is 10.2. The molecule has 0 aliphatic carbocycles. The summed E-state index contributed by atoms with van der Waals surface area (Å²) in [5.74, 6) is -0.292. The van der Waals surface area contributed by atoms with Crippen molar-refractivity contribution in [2.45, 2.75) is 30.5 Å². The molecule has 0 unspecified atom stereocenters. The lowest BCUT2D eigenvalue weighted by molar-refractivity contribution is -0.118. The lowest BCUT2D eigenvalue weighted by Gasteiger charge is -2.14. The first-order valence-electron chi connectivity index (χ1n) is 5.70. The van der Waals surface area contributed by atoms with Gasteiger partial charge in [0.2, 0.25) is 5.91 Å². The summed E-state index contributed by atoms with van der Waals surface area (Å²) in [7, 11) is 1.89. The Hall–Kier alpha value is -1.00. The van der Waals surface area contributed by atoms with Gasteiger partial charge in [0.05, 0.1) is 6.54 Å². The van der Waals surface area contributed by atoms with Crippen molar-refractivity contribution in [2.75, 3.05) is 13.6 Å². The first kappa shape index (κ1) is 14.1. The molecule has 0 aliphatic heterocycles. The van der Waals surface area contributed by atoms with Crippen LogP contribution in [-0.2, 0) is 11.3 Å². The SMILES string of the molecule is CC(C)Sc1ccc(CN(C)CC(N)=O)cc1. The zero-order valence-electron chi connectivity index (χ0n) is 10.6. The Morgan fingerprint density at radius 2 is 1.94 bits per heavy atom. The van der Waals surface area contributed by atoms with Gasteiger partial charge in [-0.2, -0.15) is 0 Å². The number of primary amides is 1. The zero-order chi connectivity index (χ0) is 12.8. The highest BCUT2D eigenvalue weighted by atomic mass is 32.2. The number of thioether (sulfide) groups is 1. The van der Waals surface area contributed by atoms with Crippen LogP contribution in [0, 0.1) is 0 Å². The van der Waals surface area contributed by atoms with Crippen LogP contribution in [0.2, 0.25) is 0 Å². The summed E-state index contributed by atoms with van der Waals surface area (Å²) < 4.78 is 0. The van der Waals surface area contributed by atoms with Crippen molar-refractivity contribution in [1.29, 1.82) is 0 Å². The van der Waals surface area contributed by atoms with Crippen LogP contribution in [-0.4, -0.2) is 29.6 Å². The molecule has 0 fully saturated rings. The molecular formula is C13H20N2OS. The molecule has 1 aromatic rings. The molecular weight excluding hydrogens is 232 g/mol. The van der Waals surface area contributed by atoms with Gasteiger partial charge < -0.3 is 5.73 Å². The summed E-state index contributed by atoms with van der Waals surface area (Å²) in [5.41, 5.74) is 6.34. The highest BCUT2D eigenvalue weighted by Gasteiger charge is 2.04. The molecule has 17 heavy (non-hydrogen) atoms. The Morgan fingerprint density at radius 3 is 2.41 bits per heavy atom. The number of carbonyl (C=O) groups excluding carboxylic acids is 1. The molecule has 0 atom stereocenters. The van der Waals surface area contributed by atoms with Crippen LogP contribution in [0.4, 0.5) is 0 Å². The van der Waals surface area contributed by atoms with E-state index in [1.54, 1.807) is 0 Å². The average Bonchev–Trinajstić information content (AvgIpc) is 2.18. The third-order valence-corrected chi connectivity index (χ3v) is 3.19. The van der Waals surface area contributed by atoms with Gasteiger partial charge >= 0.3 is 0 Å². The second-order valence-electron chi connectivity index (χ2n) is 4.45. The van der Waals surface area contributed by atoms with Crippen molar-refractivity contribution in [3.05, 3.63) is 29.8 Å². The number of nitrogens with zero attached hydrogens (tertiary/aromatic N) is 1. The summed E-state index contributed by atoms with van der Waals surface area (Å²) in [6, 6.07) is 8.45. The van der Waals surface area contributed by atoms with E-state index in [1.165, 1.54) is 10.5 Å². The maximum atomic E-state index is 10.8. The molecule has 0 radical (unpaired) electrons. The molecule has 94 valence electrons. The largest absolute Gasteiger partial charge is 0.369 e. The number of rotatable bonds is 6. The normalized spacial score (nSPS) is 11.1. The van der Waals surface area contributed by atoms with E-state index in [0.717, 1.165) is 6.54 Å². The quantitative estimate of drug-likeness (QED) is 0.789. The molecule has 2 N–H and O–H groups in total. The molecule has 1 rings (SSSR count). The number of hydrogen-bond donors (Lipinski definition) is 1. The third-order valence-electron chi connectivity index (χ3n) is 2.17. The van der Waals surface area contributed by atoms with Gasteiger partial charge in [-0.1, -0.05) is 26.0 Å². The van der Waals surface area contributed by atoms with Crippen molar-refractivity contribution in [3.63, 3.8) is 0 Å². The number of carbonyl (C=O) groups is 1. The molecule has 0 spiro atoms. The molecule has 1 aromatic carbocycles. The predicted molar refractivity (Wildman–Crippen MR) is 73.0 cm³/mol. The van der Waals surface area contributed by atoms with Crippen LogP contribution in [0.1, 0.15) is 19.4 Å². The minimum Gasteiger partial charge on any atom is -0.369 e. The van der Waals surface area contributed by atoms with Crippen LogP contribution in [0.5, 0.6) is 0 Å². The fraction of sp³-hybridized carbons (Fsp3) is 0.462. The first-order chi connectivity index (χ1) is 7.97. The van der Waals surface area contributed by atoms with Crippen molar-refractivity contribution >= 4 is 17.7 Å². The summed E-state index contributed by atoms with van der Waals surface area (Å²) in [6.07, 6.45) is 0. The van der Waals surface area contributed by atoms with Crippen LogP contribution in [0.15, 0.2) is 29.2 Å². The minimum atomic E-state index is -0.292. The molecule has 0 bridgehead atoms. The third kappa shape index (κ3) is 5.75. The van der Waals surface area contributed by atoms with Gasteiger partial charge in [-0.3, -0.25) is 9.69 Å². The Balaban J connectivity index is 2.53. The zero-order valence-corrected chi connectivity index (χ0v) is 11.5. The molecule has 0 saturated heterocycles. The molecule has 0 aromatic heterocycles. The van der Waals surface area contributed by atoms with Gasteiger partial charge in [0.1, 0.15) is 0 Å². The van der Waals surface area contributed by atoms with E-state index in [-0.39, 0.29) is 5.91 Å². The Bertz CT molecular complexity index is 362. The van der Waals surface area contributed by atoms with Gasteiger partial charge in [0.25, 0.3) is 0 Å². The van der Waals surface area contributed by atoms with Crippen LogP contribution in [0.3, 0.4) is 0 Å². The van der Waals surface area contributed by atoms with Gasteiger partial charge in [0, 0.05) is 16.7 Å². The van der Waals surface area contributed by atoms with E-state index >= 15 is 0 Å². The summed E-state index contributed by atoms with van der Waals surface area (Å²) in [4.78, 5) is 13.9. The van der Waals surface area contributed by atoms with Crippen molar-refractivity contribution in [2.24, 2.45) is 5.73 Å². The minimum absolute atomic E-state index is 0.292. The van der Waals surface area contributed by atoms with Gasteiger partial charge in [-0.15, -0.1) is 11.8 Å². The summed E-state index contributed by atoms with van der Waals surface area (Å²) in [5, 5.41) is 0.596. The maximum absolute atomic E-state index is 10.8. The summed E-state index contributed by atoms with van der Waals surface area (Å²) >= 11 is 1.85. The van der Waals surface area contributed by atoms with Gasteiger partial charge in [0.15, 0.2) is 0 Å². The Labute approximate surface area is 107 Å². The van der Waals surface area contributed by atoms with Crippen LogP contribution in [0.25, 0.3) is 0 Å². The van der Waals surface area contributed by atoms with E-state index < -0.39 is 0 Å². The highest BCUT2D eigenvalue weighted by molar-refractivity contribution is 7.99. The first-order valence-corrected chi connectivity index (χ1v) is 6.58. The van der Waals surface area contributed by atoms with E-state index in [9.17, 15) is 4.79 Å². The molecule has 0 aliphatic rings. The molecule has 0 saturated carbocycles. The van der Waals surface area contributed by atoms with Crippen molar-refractivity contribution in [3.8, 4) is 0 Å². The highest BCUT2D eigenvalue weighted by Crippen LogP contribution is 2.23. The average molecular weight is 252 g/mol. The fourth-order valence-corrected chi connectivity index (χ4v) is 2.42. The number of likely N-dealkylation sites (N-methyl/N-ethyl adjacent to an activating group) is 1. The molecule has 4 heteroatoms. The topological polar surface area (TPSA) is 46.3 Å². The smallest absolute Gasteiger partial charge is 0.231 e. The number of hydrogen-bond acceptors (Lipinski definition) is 3. The Kier molecular flexibility index (Phi) is 5.51. The van der Waals surface area contributed by atoms with E-state index in [1.807, 2.05) is 23.7 Å². The summed E-state index contributed by atoms with van der Waals surface area (Å²) in [6.45, 7) is 5.40. The van der Waals surface area contributed by atoms with Gasteiger partial charge in [-0.25, -0.2) is 0 Å². The number of amides is 1. The second-order valence-corrected chi connectivity index (χ2v) is 6.10. The lowest BCUT2D eigenvalue weighted by Crippen LogP contribution is -2.30. The standard InChI is InChI=1S/C13H20N2OS/c1-10(2)17-12-6-4-11(5-7-12)8-15(3)9-13(14)16/h4-7,10H,8-9H2,1-3H3,(H2,14,16). The van der Waals surface area contributed by atoms with E-state index in [2.05, 4.69) is 38.1 Å². The van der Waals surface area contributed by atoms with Crippen LogP contribution >= 0.6 is 11.8 Å². The fourth-order valence-electron chi connectivity index (χ4n) is 1.58. The van der Waals surface area contributed by atoms with Crippen molar-refractivity contribution < 1.29 is 4.79 Å². The maximum Gasteiger partial charge on any atom is 0.231 e. The second kappa shape index (κ2) is 6.67. The number of nitrogens with two attached hydrogens (primary N) is 1. The van der Waals surface area contributed by atoms with E-state index in [0.29, 0.717) is 11.8 Å². The van der Waals surface area contributed by atoms with Crippen molar-refractivity contribution in [1.82, 2.24) is 4.90 Å². The molecule has 1 amide bonds. The predicted octanol–water partition coefficient (Wildman–Crippen LogP) is 2.10.